The van der Waals surface area contributed by atoms with Gasteiger partial charge in [0.2, 0.25) is 0 Å². The lowest BCUT2D eigenvalue weighted by atomic mass is 10.1. The Kier molecular flexibility index (Phi) is 6.75. The van der Waals surface area contributed by atoms with Crippen LogP contribution >= 0.6 is 0 Å². The Hall–Kier alpha value is -4.59. The summed E-state index contributed by atoms with van der Waals surface area (Å²) in [6.07, 6.45) is 4.91. The molecule has 1 saturated heterocycles. The molecule has 5 aromatic rings. The van der Waals surface area contributed by atoms with E-state index in [-0.39, 0.29) is 5.91 Å². The van der Waals surface area contributed by atoms with Crippen molar-refractivity contribution in [1.82, 2.24) is 25.0 Å². The Labute approximate surface area is 227 Å². The van der Waals surface area contributed by atoms with Crippen LogP contribution in [0.3, 0.4) is 0 Å². The van der Waals surface area contributed by atoms with Crippen LogP contribution in [0.25, 0.3) is 22.4 Å². The van der Waals surface area contributed by atoms with E-state index in [9.17, 15) is 4.79 Å². The van der Waals surface area contributed by atoms with Crippen molar-refractivity contribution in [3.05, 3.63) is 101 Å². The van der Waals surface area contributed by atoms with Crippen molar-refractivity contribution in [1.29, 1.82) is 0 Å². The minimum Gasteiger partial charge on any atom is -0.354 e. The highest BCUT2D eigenvalue weighted by Crippen LogP contribution is 2.34. The van der Waals surface area contributed by atoms with Gasteiger partial charge >= 0.3 is 0 Å². The van der Waals surface area contributed by atoms with Gasteiger partial charge in [-0.2, -0.15) is 4.98 Å². The van der Waals surface area contributed by atoms with Gasteiger partial charge in [0.1, 0.15) is 22.7 Å². The standard InChI is InChI=1S/C31H30N6O2/c1-21-10-12-23(13-11-21)19-26-33-29(27-28(35-39-30(27)34-26)24-8-5-14-32-20-24)36-15-6-16-37(18-17-36)31(38)25-9-4-3-7-22(25)2/h3-5,7-14,20H,6,15-19H2,1-2H3. The third kappa shape index (κ3) is 5.10. The molecular formula is C31H30N6O2. The van der Waals surface area contributed by atoms with E-state index < -0.39 is 0 Å². The number of aromatic nitrogens is 4. The van der Waals surface area contributed by atoms with Crippen molar-refractivity contribution in [2.24, 2.45) is 0 Å². The fourth-order valence-corrected chi connectivity index (χ4v) is 5.09. The molecule has 8 heteroatoms. The van der Waals surface area contributed by atoms with Crippen LogP contribution in [-0.2, 0) is 6.42 Å². The molecule has 0 N–H and O–H groups in total. The molecular weight excluding hydrogens is 488 g/mol. The summed E-state index contributed by atoms with van der Waals surface area (Å²) in [5.41, 5.74) is 6.06. The lowest BCUT2D eigenvalue weighted by Crippen LogP contribution is -2.35. The Morgan fingerprint density at radius 1 is 0.923 bits per heavy atom. The summed E-state index contributed by atoms with van der Waals surface area (Å²) in [6.45, 7) is 6.74. The predicted octanol–water partition coefficient (Wildman–Crippen LogP) is 5.24. The average molecular weight is 519 g/mol. The maximum absolute atomic E-state index is 13.4. The van der Waals surface area contributed by atoms with Crippen LogP contribution in [0.15, 0.2) is 77.6 Å². The SMILES string of the molecule is Cc1ccc(Cc2nc(N3CCCN(C(=O)c4ccccc4C)CC3)c3c(-c4cccnc4)noc3n2)cc1. The van der Waals surface area contributed by atoms with Gasteiger partial charge in [0.25, 0.3) is 11.6 Å². The molecule has 6 rings (SSSR count). The molecule has 1 amide bonds. The Balaban J connectivity index is 1.36. The summed E-state index contributed by atoms with van der Waals surface area (Å²) in [4.78, 5) is 31.7. The van der Waals surface area contributed by atoms with Crippen LogP contribution < -0.4 is 4.90 Å². The molecule has 0 unspecified atom stereocenters. The zero-order valence-corrected chi connectivity index (χ0v) is 22.2. The Bertz CT molecular complexity index is 1610. The third-order valence-corrected chi connectivity index (χ3v) is 7.24. The van der Waals surface area contributed by atoms with E-state index in [1.165, 1.54) is 5.56 Å². The second-order valence-corrected chi connectivity index (χ2v) is 10.0. The second kappa shape index (κ2) is 10.6. The first-order valence-corrected chi connectivity index (χ1v) is 13.3. The molecule has 8 nitrogen and oxygen atoms in total. The lowest BCUT2D eigenvalue weighted by Gasteiger charge is -2.24. The maximum atomic E-state index is 13.4. The van der Waals surface area contributed by atoms with Gasteiger partial charge in [-0.1, -0.05) is 53.2 Å². The first-order valence-electron chi connectivity index (χ1n) is 13.3. The topological polar surface area (TPSA) is 88.3 Å². The van der Waals surface area contributed by atoms with Crippen LogP contribution in [0.4, 0.5) is 5.82 Å². The molecule has 39 heavy (non-hydrogen) atoms. The molecule has 0 bridgehead atoms. The van der Waals surface area contributed by atoms with Crippen molar-refractivity contribution in [3.8, 4) is 11.3 Å². The largest absolute Gasteiger partial charge is 0.354 e. The van der Waals surface area contributed by atoms with E-state index in [1.807, 2.05) is 48.2 Å². The number of hydrogen-bond acceptors (Lipinski definition) is 7. The van der Waals surface area contributed by atoms with E-state index in [2.05, 4.69) is 46.2 Å². The first-order chi connectivity index (χ1) is 19.1. The summed E-state index contributed by atoms with van der Waals surface area (Å²) < 4.78 is 5.77. The van der Waals surface area contributed by atoms with Gasteiger partial charge in [-0.3, -0.25) is 9.78 Å². The van der Waals surface area contributed by atoms with E-state index in [0.29, 0.717) is 43.3 Å². The van der Waals surface area contributed by atoms with Crippen molar-refractivity contribution >= 4 is 22.8 Å². The number of nitrogens with zero attached hydrogens (tertiary/aromatic N) is 6. The average Bonchev–Trinajstić information content (AvgIpc) is 3.23. The number of rotatable bonds is 5. The molecule has 0 atom stereocenters. The maximum Gasteiger partial charge on any atom is 0.263 e. The molecule has 0 radical (unpaired) electrons. The molecule has 1 aliphatic rings. The Morgan fingerprint density at radius 3 is 2.56 bits per heavy atom. The molecule has 196 valence electrons. The highest BCUT2D eigenvalue weighted by Gasteiger charge is 2.26. The van der Waals surface area contributed by atoms with Gasteiger partial charge in [0.15, 0.2) is 0 Å². The lowest BCUT2D eigenvalue weighted by molar-refractivity contribution is 0.0766. The third-order valence-electron chi connectivity index (χ3n) is 7.24. The van der Waals surface area contributed by atoms with Gasteiger partial charge in [-0.25, -0.2) is 4.98 Å². The summed E-state index contributed by atoms with van der Waals surface area (Å²) in [5.74, 6) is 1.53. The molecule has 3 aromatic heterocycles. The first kappa shape index (κ1) is 24.7. The number of amides is 1. The van der Waals surface area contributed by atoms with Crippen molar-refractivity contribution in [2.75, 3.05) is 31.1 Å². The summed E-state index contributed by atoms with van der Waals surface area (Å²) in [6, 6.07) is 20.0. The highest BCUT2D eigenvalue weighted by atomic mass is 16.5. The summed E-state index contributed by atoms with van der Waals surface area (Å²) >= 11 is 0. The molecule has 0 spiro atoms. The quantitative estimate of drug-likeness (QED) is 0.314. The number of hydrogen-bond donors (Lipinski definition) is 0. The number of anilines is 1. The monoisotopic (exact) mass is 518 g/mol. The number of aryl methyl sites for hydroxylation is 2. The molecule has 1 aliphatic heterocycles. The number of pyridine rings is 1. The van der Waals surface area contributed by atoms with Crippen LogP contribution in [0.2, 0.25) is 0 Å². The zero-order valence-electron chi connectivity index (χ0n) is 22.2. The van der Waals surface area contributed by atoms with Crippen LogP contribution in [-0.4, -0.2) is 57.1 Å². The minimum atomic E-state index is 0.0730. The molecule has 0 saturated carbocycles. The van der Waals surface area contributed by atoms with Gasteiger partial charge in [-0.05, 0) is 49.6 Å². The van der Waals surface area contributed by atoms with Crippen LogP contribution in [0.5, 0.6) is 0 Å². The molecule has 4 heterocycles. The van der Waals surface area contributed by atoms with Gasteiger partial charge < -0.3 is 14.3 Å². The fourth-order valence-electron chi connectivity index (χ4n) is 5.09. The molecule has 2 aromatic carbocycles. The zero-order chi connectivity index (χ0) is 26.8. The number of carbonyl (C=O) groups is 1. The van der Waals surface area contributed by atoms with Crippen LogP contribution in [0.1, 0.15) is 39.3 Å². The van der Waals surface area contributed by atoms with Crippen molar-refractivity contribution in [3.63, 3.8) is 0 Å². The predicted molar refractivity (Wildman–Crippen MR) is 151 cm³/mol. The van der Waals surface area contributed by atoms with E-state index in [0.717, 1.165) is 46.4 Å². The smallest absolute Gasteiger partial charge is 0.263 e. The van der Waals surface area contributed by atoms with Gasteiger partial charge in [-0.15, -0.1) is 0 Å². The van der Waals surface area contributed by atoms with Crippen LogP contribution in [0, 0.1) is 13.8 Å². The minimum absolute atomic E-state index is 0.0730. The highest BCUT2D eigenvalue weighted by molar-refractivity contribution is 5.98. The molecule has 0 aliphatic carbocycles. The summed E-state index contributed by atoms with van der Waals surface area (Å²) in [5, 5.41) is 5.16. The second-order valence-electron chi connectivity index (χ2n) is 10.0. The van der Waals surface area contributed by atoms with E-state index in [4.69, 9.17) is 14.5 Å². The van der Waals surface area contributed by atoms with Crippen molar-refractivity contribution < 1.29 is 9.32 Å². The Morgan fingerprint density at radius 2 is 1.77 bits per heavy atom. The number of benzene rings is 2. The van der Waals surface area contributed by atoms with E-state index in [1.54, 1.807) is 12.4 Å². The number of fused-ring (bicyclic) bond motifs is 1. The van der Waals surface area contributed by atoms with E-state index >= 15 is 0 Å². The van der Waals surface area contributed by atoms with Gasteiger partial charge in [0, 0.05) is 56.1 Å². The normalized spacial score (nSPS) is 14.0. The van der Waals surface area contributed by atoms with Gasteiger partial charge in [0.05, 0.1) is 0 Å². The summed E-state index contributed by atoms with van der Waals surface area (Å²) in [7, 11) is 0. The van der Waals surface area contributed by atoms with Crippen molar-refractivity contribution in [2.45, 2.75) is 26.7 Å². The molecule has 1 fully saturated rings. The number of carbonyl (C=O) groups excluding carboxylic acids is 1. The fraction of sp³-hybridized carbons (Fsp3) is 0.258.